The molecule has 1 N–H and O–H groups in total. The first kappa shape index (κ1) is 13.8. The highest BCUT2D eigenvalue weighted by atomic mass is 79.9. The molecule has 0 amide bonds. The zero-order chi connectivity index (χ0) is 11.8. The van der Waals surface area contributed by atoms with E-state index in [1.165, 1.54) is 32.1 Å². The summed E-state index contributed by atoms with van der Waals surface area (Å²) in [5.41, 5.74) is 0. The Morgan fingerprint density at radius 2 is 2.06 bits per heavy atom. The second-order valence-electron chi connectivity index (χ2n) is 4.49. The van der Waals surface area contributed by atoms with E-state index in [1.807, 2.05) is 6.92 Å². The fourth-order valence-electron chi connectivity index (χ4n) is 2.16. The predicted molar refractivity (Wildman–Crippen MR) is 75.0 cm³/mol. The Balaban J connectivity index is 2.37. The fourth-order valence-corrected chi connectivity index (χ4v) is 2.35. The van der Waals surface area contributed by atoms with Crippen molar-refractivity contribution < 1.29 is 0 Å². The molecule has 0 atom stereocenters. The maximum absolute atomic E-state index is 4.43. The van der Waals surface area contributed by atoms with E-state index in [2.05, 4.69) is 39.2 Å². The van der Waals surface area contributed by atoms with Crippen LogP contribution < -0.4 is 5.32 Å². The van der Waals surface area contributed by atoms with Crippen molar-refractivity contribution >= 4 is 20.6 Å². The first-order valence-electron chi connectivity index (χ1n) is 6.37. The van der Waals surface area contributed by atoms with Gasteiger partial charge in [-0.3, -0.25) is 0 Å². The molecule has 0 aromatic rings. The van der Waals surface area contributed by atoms with Crippen molar-refractivity contribution in [2.75, 3.05) is 6.54 Å². The lowest BCUT2D eigenvalue weighted by Crippen LogP contribution is -2.23. The van der Waals surface area contributed by atoms with E-state index in [0.29, 0.717) is 0 Å². The Bertz CT molecular complexity index is 249. The number of nitrogens with one attached hydrogen (secondary N) is 1. The van der Waals surface area contributed by atoms with Crippen molar-refractivity contribution in [2.45, 2.75) is 52.4 Å². The molecule has 1 aliphatic carbocycles. The average molecular weight is 287 g/mol. The van der Waals surface area contributed by atoms with E-state index in [1.54, 1.807) is 0 Å². The molecule has 0 spiro atoms. The second-order valence-corrected chi connectivity index (χ2v) is 5.64. The summed E-state index contributed by atoms with van der Waals surface area (Å²) in [6.07, 6.45) is 10.2. The Morgan fingerprint density at radius 3 is 2.62 bits per heavy atom. The van der Waals surface area contributed by atoms with Crippen LogP contribution >= 0.6 is 15.9 Å². The van der Waals surface area contributed by atoms with Crippen LogP contribution in [0.5, 0.6) is 0 Å². The van der Waals surface area contributed by atoms with Gasteiger partial charge in [-0.25, -0.2) is 4.99 Å². The van der Waals surface area contributed by atoms with Crippen LogP contribution in [0.3, 0.4) is 0 Å². The molecule has 0 aliphatic heterocycles. The highest BCUT2D eigenvalue weighted by Gasteiger charge is 2.12. The van der Waals surface area contributed by atoms with Gasteiger partial charge in [-0.15, -0.1) is 0 Å². The number of hydrogen-bond acceptors (Lipinski definition) is 2. The summed E-state index contributed by atoms with van der Waals surface area (Å²) in [5, 5.41) is 3.47. The summed E-state index contributed by atoms with van der Waals surface area (Å²) in [7, 11) is 0. The first-order chi connectivity index (χ1) is 7.72. The maximum Gasteiger partial charge on any atom is 0.122 e. The largest absolute Gasteiger partial charge is 0.370 e. The first-order valence-corrected chi connectivity index (χ1v) is 7.16. The molecule has 1 fully saturated rings. The highest BCUT2D eigenvalue weighted by Crippen LogP contribution is 2.23. The lowest BCUT2D eigenvalue weighted by atomic mass is 9.89. The minimum Gasteiger partial charge on any atom is -0.370 e. The molecule has 92 valence electrons. The van der Waals surface area contributed by atoms with Crippen molar-refractivity contribution in [3.63, 3.8) is 0 Å². The molecule has 0 saturated heterocycles. The van der Waals surface area contributed by atoms with Gasteiger partial charge in [0.05, 0.1) is 4.62 Å². The number of halogens is 1. The summed E-state index contributed by atoms with van der Waals surface area (Å²) >= 11 is 3.38. The number of nitrogens with zero attached hydrogens (tertiary/aromatic N) is 1. The van der Waals surface area contributed by atoms with Gasteiger partial charge < -0.3 is 5.32 Å². The van der Waals surface area contributed by atoms with Crippen LogP contribution in [0, 0.1) is 5.92 Å². The van der Waals surface area contributed by atoms with E-state index in [9.17, 15) is 0 Å². The average Bonchev–Trinajstić information content (AvgIpc) is 2.27. The summed E-state index contributed by atoms with van der Waals surface area (Å²) in [6.45, 7) is 5.18. The van der Waals surface area contributed by atoms with Gasteiger partial charge >= 0.3 is 0 Å². The van der Waals surface area contributed by atoms with Crippen LogP contribution in [0.15, 0.2) is 16.9 Å². The van der Waals surface area contributed by atoms with E-state index in [-0.39, 0.29) is 0 Å². The quantitative estimate of drug-likeness (QED) is 0.752. The molecular weight excluding hydrogens is 264 g/mol. The van der Waals surface area contributed by atoms with E-state index < -0.39 is 0 Å². The number of aliphatic imine (C=N–C) groups is 1. The minimum atomic E-state index is 0.847. The van der Waals surface area contributed by atoms with Crippen molar-refractivity contribution in [1.82, 2.24) is 5.32 Å². The van der Waals surface area contributed by atoms with Crippen LogP contribution in [-0.2, 0) is 0 Å². The third kappa shape index (κ3) is 5.69. The molecule has 0 aromatic heterocycles. The van der Waals surface area contributed by atoms with Gasteiger partial charge in [0.15, 0.2) is 0 Å². The SMILES string of the molecule is CC/C=C(\N=C(/C)Br)NCC1CCCCC1. The molecule has 0 bridgehead atoms. The van der Waals surface area contributed by atoms with Gasteiger partial charge in [0.1, 0.15) is 5.82 Å². The molecule has 0 aromatic carbocycles. The summed E-state index contributed by atoms with van der Waals surface area (Å²) in [5.74, 6) is 1.86. The van der Waals surface area contributed by atoms with Crippen molar-refractivity contribution in [3.05, 3.63) is 11.9 Å². The van der Waals surface area contributed by atoms with Crippen LogP contribution in [0.2, 0.25) is 0 Å². The molecule has 1 saturated carbocycles. The third-order valence-electron chi connectivity index (χ3n) is 2.97. The van der Waals surface area contributed by atoms with Gasteiger partial charge in [0.25, 0.3) is 0 Å². The Labute approximate surface area is 108 Å². The molecule has 1 aliphatic rings. The van der Waals surface area contributed by atoms with Gasteiger partial charge in [-0.2, -0.15) is 0 Å². The minimum absolute atomic E-state index is 0.847. The van der Waals surface area contributed by atoms with Gasteiger partial charge in [-0.1, -0.05) is 26.2 Å². The topological polar surface area (TPSA) is 24.4 Å². The Kier molecular flexibility index (Phi) is 6.78. The van der Waals surface area contributed by atoms with E-state index in [4.69, 9.17) is 0 Å². The number of rotatable bonds is 5. The van der Waals surface area contributed by atoms with Crippen molar-refractivity contribution in [1.29, 1.82) is 0 Å². The molecular formula is C13H23BrN2. The Morgan fingerprint density at radius 1 is 1.38 bits per heavy atom. The van der Waals surface area contributed by atoms with Gasteiger partial charge in [0.2, 0.25) is 0 Å². The zero-order valence-corrected chi connectivity index (χ0v) is 12.0. The van der Waals surface area contributed by atoms with Gasteiger partial charge in [0, 0.05) is 6.54 Å². The molecule has 1 rings (SSSR count). The molecule has 0 radical (unpaired) electrons. The lowest BCUT2D eigenvalue weighted by Gasteiger charge is -2.22. The van der Waals surface area contributed by atoms with Crippen molar-refractivity contribution in [2.24, 2.45) is 10.9 Å². The van der Waals surface area contributed by atoms with Crippen LogP contribution in [0.25, 0.3) is 0 Å². The van der Waals surface area contributed by atoms with E-state index in [0.717, 1.165) is 29.3 Å². The predicted octanol–water partition coefficient (Wildman–Crippen LogP) is 4.22. The molecule has 3 heteroatoms. The molecule has 2 nitrogen and oxygen atoms in total. The van der Waals surface area contributed by atoms with Crippen molar-refractivity contribution in [3.8, 4) is 0 Å². The number of allylic oxidation sites excluding steroid dienone is 1. The van der Waals surface area contributed by atoms with E-state index >= 15 is 0 Å². The summed E-state index contributed by atoms with van der Waals surface area (Å²) in [4.78, 5) is 4.43. The summed E-state index contributed by atoms with van der Waals surface area (Å²) in [6, 6.07) is 0. The third-order valence-corrected chi connectivity index (χ3v) is 3.15. The smallest absolute Gasteiger partial charge is 0.122 e. The highest BCUT2D eigenvalue weighted by molar-refractivity contribution is 9.18. The Hall–Kier alpha value is -0.310. The van der Waals surface area contributed by atoms with Crippen LogP contribution in [-0.4, -0.2) is 11.2 Å². The standard InChI is InChI=1S/C13H23BrN2/c1-3-7-13(16-11(2)14)15-10-12-8-5-4-6-9-12/h7,12,15H,3-6,8-10H2,1-2H3/b13-7-,16-11+. The monoisotopic (exact) mass is 286 g/mol. The zero-order valence-electron chi connectivity index (χ0n) is 10.4. The second kappa shape index (κ2) is 7.88. The lowest BCUT2D eigenvalue weighted by molar-refractivity contribution is 0.350. The maximum atomic E-state index is 4.43. The molecule has 16 heavy (non-hydrogen) atoms. The van der Waals surface area contributed by atoms with Crippen LogP contribution in [0.4, 0.5) is 0 Å². The molecule has 0 heterocycles. The van der Waals surface area contributed by atoms with Gasteiger partial charge in [-0.05, 0) is 54.1 Å². The summed E-state index contributed by atoms with van der Waals surface area (Å²) < 4.78 is 0.934. The molecule has 0 unspecified atom stereocenters. The number of hydrogen-bond donors (Lipinski definition) is 1. The normalized spacial score (nSPS) is 19.9. The fraction of sp³-hybridized carbons (Fsp3) is 0.769. The van der Waals surface area contributed by atoms with Crippen LogP contribution in [0.1, 0.15) is 52.4 Å².